The Morgan fingerprint density at radius 2 is 1.76 bits per heavy atom. The van der Waals surface area contributed by atoms with Gasteiger partial charge in [0.1, 0.15) is 23.0 Å². The summed E-state index contributed by atoms with van der Waals surface area (Å²) in [7, 11) is 0. The molecule has 1 N–H and O–H groups in total. The number of hydrogen-bond donors (Lipinski definition) is 1. The number of amides is 1. The van der Waals surface area contributed by atoms with Crippen LogP contribution in [0.15, 0.2) is 57.7 Å². The Bertz CT molecular complexity index is 1150. The maximum Gasteiger partial charge on any atom is 0.416 e. The highest BCUT2D eigenvalue weighted by Crippen LogP contribution is 2.33. The summed E-state index contributed by atoms with van der Waals surface area (Å²) in [5, 5.41) is 2.11. The topological polar surface area (TPSA) is 59.3 Å². The first-order valence-electron chi connectivity index (χ1n) is 8.15. The van der Waals surface area contributed by atoms with Crippen molar-refractivity contribution in [2.45, 2.75) is 13.1 Å². The Balaban J connectivity index is 2.11. The molecule has 0 aliphatic rings. The van der Waals surface area contributed by atoms with Gasteiger partial charge >= 0.3 is 6.18 Å². The van der Waals surface area contributed by atoms with Gasteiger partial charge in [0.25, 0.3) is 5.91 Å². The van der Waals surface area contributed by atoms with Gasteiger partial charge in [-0.1, -0.05) is 12.1 Å². The highest BCUT2D eigenvalue weighted by molar-refractivity contribution is 6.07. The Morgan fingerprint density at radius 3 is 2.41 bits per heavy atom. The highest BCUT2D eigenvalue weighted by atomic mass is 19.4. The van der Waals surface area contributed by atoms with Crippen molar-refractivity contribution in [1.29, 1.82) is 0 Å². The van der Waals surface area contributed by atoms with Gasteiger partial charge in [0, 0.05) is 17.7 Å². The lowest BCUT2D eigenvalue weighted by molar-refractivity contribution is -0.137. The lowest BCUT2D eigenvalue weighted by atomic mass is 10.0. The monoisotopic (exact) mass is 409 g/mol. The molecule has 0 unspecified atom stereocenters. The van der Waals surface area contributed by atoms with Gasteiger partial charge in [-0.05, 0) is 31.2 Å². The zero-order valence-corrected chi connectivity index (χ0v) is 14.7. The summed E-state index contributed by atoms with van der Waals surface area (Å²) in [5.41, 5.74) is -3.02. The molecule has 1 heterocycles. The SMILES string of the molecule is Cc1cc(=O)c(C(=O)Nc2ccc(F)cc2F)c(-c2cccc(C(F)(F)F)c2)o1. The van der Waals surface area contributed by atoms with Crippen LogP contribution in [0, 0.1) is 18.6 Å². The van der Waals surface area contributed by atoms with Crippen LogP contribution in [0.3, 0.4) is 0 Å². The Morgan fingerprint density at radius 1 is 1.03 bits per heavy atom. The Labute approximate surface area is 160 Å². The van der Waals surface area contributed by atoms with Crippen LogP contribution < -0.4 is 10.7 Å². The molecular formula is C20H12F5NO3. The Hall–Kier alpha value is -3.49. The molecule has 0 spiro atoms. The van der Waals surface area contributed by atoms with E-state index in [0.29, 0.717) is 6.07 Å². The molecule has 0 fully saturated rings. The molecule has 4 nitrogen and oxygen atoms in total. The van der Waals surface area contributed by atoms with Gasteiger partial charge in [-0.15, -0.1) is 0 Å². The molecule has 0 bridgehead atoms. The third-order valence-electron chi connectivity index (χ3n) is 3.93. The Kier molecular flexibility index (Phi) is 5.23. The molecule has 3 rings (SSSR count). The minimum absolute atomic E-state index is 0.0620. The van der Waals surface area contributed by atoms with Gasteiger partial charge in [0.2, 0.25) is 0 Å². The second-order valence-electron chi connectivity index (χ2n) is 6.08. The summed E-state index contributed by atoms with van der Waals surface area (Å²) in [5.74, 6) is -3.42. The van der Waals surface area contributed by atoms with E-state index in [1.807, 2.05) is 0 Å². The van der Waals surface area contributed by atoms with E-state index in [2.05, 4.69) is 5.32 Å². The van der Waals surface area contributed by atoms with E-state index < -0.39 is 51.7 Å². The normalized spacial score (nSPS) is 11.4. The number of halogens is 5. The average Bonchev–Trinajstić information content (AvgIpc) is 2.62. The van der Waals surface area contributed by atoms with Crippen LogP contribution in [-0.4, -0.2) is 5.91 Å². The van der Waals surface area contributed by atoms with Crippen molar-refractivity contribution in [1.82, 2.24) is 0 Å². The number of carbonyl (C=O) groups excluding carboxylic acids is 1. The predicted molar refractivity (Wildman–Crippen MR) is 94.5 cm³/mol. The van der Waals surface area contributed by atoms with Crippen molar-refractivity contribution < 1.29 is 31.2 Å². The lowest BCUT2D eigenvalue weighted by Gasteiger charge is -2.12. The maximum absolute atomic E-state index is 13.8. The number of hydrogen-bond acceptors (Lipinski definition) is 3. The minimum Gasteiger partial charge on any atom is -0.460 e. The molecule has 9 heteroatoms. The van der Waals surface area contributed by atoms with Crippen LogP contribution in [0.1, 0.15) is 21.7 Å². The van der Waals surface area contributed by atoms with Crippen molar-refractivity contribution in [2.24, 2.45) is 0 Å². The van der Waals surface area contributed by atoms with Crippen molar-refractivity contribution in [2.75, 3.05) is 5.32 Å². The fraction of sp³-hybridized carbons (Fsp3) is 0.100. The maximum atomic E-state index is 13.8. The molecule has 1 aromatic heterocycles. The second kappa shape index (κ2) is 7.50. The first-order chi connectivity index (χ1) is 13.6. The molecule has 0 radical (unpaired) electrons. The fourth-order valence-corrected chi connectivity index (χ4v) is 2.64. The summed E-state index contributed by atoms with van der Waals surface area (Å²) in [6, 6.07) is 7.24. The largest absolute Gasteiger partial charge is 0.460 e. The van der Waals surface area contributed by atoms with Crippen molar-refractivity contribution in [3.8, 4) is 11.3 Å². The molecule has 0 aliphatic carbocycles. The first kappa shape index (κ1) is 20.2. The van der Waals surface area contributed by atoms with Crippen LogP contribution in [0.2, 0.25) is 0 Å². The number of anilines is 1. The van der Waals surface area contributed by atoms with Crippen LogP contribution >= 0.6 is 0 Å². The zero-order chi connectivity index (χ0) is 21.3. The van der Waals surface area contributed by atoms with Crippen LogP contribution in [0.4, 0.5) is 27.6 Å². The van der Waals surface area contributed by atoms with Crippen LogP contribution in [-0.2, 0) is 6.18 Å². The van der Waals surface area contributed by atoms with E-state index in [-0.39, 0.29) is 11.3 Å². The van der Waals surface area contributed by atoms with Gasteiger partial charge in [-0.25, -0.2) is 8.78 Å². The summed E-state index contributed by atoms with van der Waals surface area (Å²) < 4.78 is 71.3. The van der Waals surface area contributed by atoms with E-state index in [0.717, 1.165) is 36.4 Å². The number of aryl methyl sites for hydroxylation is 1. The zero-order valence-electron chi connectivity index (χ0n) is 14.7. The third-order valence-corrected chi connectivity index (χ3v) is 3.93. The molecular weight excluding hydrogens is 397 g/mol. The van der Waals surface area contributed by atoms with E-state index in [1.165, 1.54) is 13.0 Å². The average molecular weight is 409 g/mol. The van der Waals surface area contributed by atoms with Gasteiger partial charge in [-0.3, -0.25) is 9.59 Å². The molecule has 29 heavy (non-hydrogen) atoms. The summed E-state index contributed by atoms with van der Waals surface area (Å²) in [6.45, 7) is 1.39. The van der Waals surface area contributed by atoms with Gasteiger partial charge in [0.05, 0.1) is 11.3 Å². The summed E-state index contributed by atoms with van der Waals surface area (Å²) in [6.07, 6.45) is -4.65. The second-order valence-corrected chi connectivity index (χ2v) is 6.08. The number of carbonyl (C=O) groups is 1. The fourth-order valence-electron chi connectivity index (χ4n) is 2.64. The van der Waals surface area contributed by atoms with Crippen LogP contribution in [0.25, 0.3) is 11.3 Å². The molecule has 0 saturated carbocycles. The lowest BCUT2D eigenvalue weighted by Crippen LogP contribution is -2.23. The van der Waals surface area contributed by atoms with E-state index in [9.17, 15) is 31.5 Å². The first-order valence-corrected chi connectivity index (χ1v) is 8.15. The smallest absolute Gasteiger partial charge is 0.416 e. The minimum atomic E-state index is -4.65. The molecule has 0 atom stereocenters. The van der Waals surface area contributed by atoms with Gasteiger partial charge in [-0.2, -0.15) is 13.2 Å². The van der Waals surface area contributed by atoms with E-state index >= 15 is 0 Å². The number of rotatable bonds is 3. The van der Waals surface area contributed by atoms with Crippen molar-refractivity contribution >= 4 is 11.6 Å². The molecule has 3 aromatic rings. The van der Waals surface area contributed by atoms with E-state index in [4.69, 9.17) is 4.42 Å². The molecule has 0 aliphatic heterocycles. The standard InChI is InChI=1S/C20H12F5NO3/c1-10-7-16(27)17(19(28)26-15-6-5-13(21)9-14(15)22)18(29-10)11-3-2-4-12(8-11)20(23,24)25/h2-9H,1H3,(H,26,28). The number of alkyl halides is 3. The molecule has 2 aromatic carbocycles. The number of benzene rings is 2. The van der Waals surface area contributed by atoms with Crippen LogP contribution in [0.5, 0.6) is 0 Å². The third kappa shape index (κ3) is 4.34. The van der Waals surface area contributed by atoms with Crippen molar-refractivity contribution in [3.63, 3.8) is 0 Å². The number of nitrogens with one attached hydrogen (secondary N) is 1. The van der Waals surface area contributed by atoms with E-state index in [1.54, 1.807) is 0 Å². The summed E-state index contributed by atoms with van der Waals surface area (Å²) in [4.78, 5) is 25.0. The molecule has 1 amide bonds. The summed E-state index contributed by atoms with van der Waals surface area (Å²) >= 11 is 0. The highest BCUT2D eigenvalue weighted by Gasteiger charge is 2.31. The van der Waals surface area contributed by atoms with Gasteiger partial charge in [0.15, 0.2) is 11.2 Å². The molecule has 150 valence electrons. The predicted octanol–water partition coefficient (Wildman–Crippen LogP) is 5.16. The molecule has 0 saturated heterocycles. The quantitative estimate of drug-likeness (QED) is 0.608. The van der Waals surface area contributed by atoms with Crippen molar-refractivity contribution in [3.05, 3.63) is 87.3 Å². The van der Waals surface area contributed by atoms with Gasteiger partial charge < -0.3 is 9.73 Å².